The average Bonchev–Trinajstić information content (AvgIpc) is 3.33. The van der Waals surface area contributed by atoms with Crippen molar-refractivity contribution in [3.05, 3.63) is 70.8 Å². The Labute approximate surface area is 177 Å². The van der Waals surface area contributed by atoms with Gasteiger partial charge < -0.3 is 9.73 Å². The Morgan fingerprint density at radius 2 is 1.87 bits per heavy atom. The first-order valence-corrected chi connectivity index (χ1v) is 10.5. The van der Waals surface area contributed by atoms with Crippen LogP contribution in [0.25, 0.3) is 22.2 Å². The molecular weight excluding hydrogens is 398 g/mol. The second-order valence-electron chi connectivity index (χ2n) is 6.97. The molecule has 30 heavy (non-hydrogen) atoms. The quantitative estimate of drug-likeness (QED) is 0.470. The highest BCUT2D eigenvalue weighted by atomic mass is 32.1. The van der Waals surface area contributed by atoms with E-state index in [1.54, 1.807) is 0 Å². The maximum absolute atomic E-state index is 12.7. The molecule has 0 unspecified atom stereocenters. The minimum atomic E-state index is -0.307. The maximum atomic E-state index is 12.7. The van der Waals surface area contributed by atoms with Gasteiger partial charge in [0.2, 0.25) is 5.91 Å². The molecule has 6 nitrogen and oxygen atoms in total. The number of nitrogens with zero attached hydrogens (tertiary/aromatic N) is 1. The summed E-state index contributed by atoms with van der Waals surface area (Å²) in [6, 6.07) is 15.6. The van der Waals surface area contributed by atoms with Crippen molar-refractivity contribution < 1.29 is 14.0 Å². The largest absolute Gasteiger partial charge is 0.451 e. The van der Waals surface area contributed by atoms with Crippen LogP contribution in [0.1, 0.15) is 28.6 Å². The second-order valence-corrected chi connectivity index (χ2v) is 7.83. The number of fused-ring (bicyclic) bond motifs is 1. The fraction of sp³-hybridized carbons (Fsp3) is 0.174. The first-order valence-electron chi connectivity index (χ1n) is 9.60. The zero-order valence-corrected chi connectivity index (χ0v) is 17.5. The summed E-state index contributed by atoms with van der Waals surface area (Å²) in [7, 11) is 0. The van der Waals surface area contributed by atoms with E-state index < -0.39 is 0 Å². The van der Waals surface area contributed by atoms with Gasteiger partial charge >= 0.3 is 0 Å². The van der Waals surface area contributed by atoms with Crippen LogP contribution in [0.3, 0.4) is 0 Å². The Morgan fingerprint density at radius 1 is 1.10 bits per heavy atom. The van der Waals surface area contributed by atoms with Crippen LogP contribution in [0.2, 0.25) is 0 Å². The predicted molar refractivity (Wildman–Crippen MR) is 119 cm³/mol. The van der Waals surface area contributed by atoms with Crippen molar-refractivity contribution in [2.45, 2.75) is 20.3 Å². The van der Waals surface area contributed by atoms with E-state index in [2.05, 4.69) is 15.6 Å². The molecule has 2 aromatic carbocycles. The van der Waals surface area contributed by atoms with Gasteiger partial charge in [-0.3, -0.25) is 14.9 Å². The number of hydrogen-bond acceptors (Lipinski definition) is 5. The Bertz CT molecular complexity index is 1210. The lowest BCUT2D eigenvalue weighted by molar-refractivity contribution is -0.118. The van der Waals surface area contributed by atoms with Gasteiger partial charge in [0.25, 0.3) is 5.91 Å². The number of nitrogens with one attached hydrogen (secondary N) is 2. The standard InChI is InChI=1S/C23H21N3O3S/c1-14-18-5-3-4-6-20(18)29-21(14)22(28)26-23-25-19(13-30-23)17-9-7-16(8-10-17)11-12-24-15(2)27/h3-10,13H,11-12H2,1-2H3,(H,24,27)(H,25,26,28). The molecule has 0 fully saturated rings. The molecule has 152 valence electrons. The first-order chi connectivity index (χ1) is 14.5. The third-order valence-electron chi connectivity index (χ3n) is 4.81. The molecule has 0 spiro atoms. The number of aryl methyl sites for hydroxylation is 1. The zero-order valence-electron chi connectivity index (χ0n) is 16.7. The number of carbonyl (C=O) groups is 2. The normalized spacial score (nSPS) is 10.9. The highest BCUT2D eigenvalue weighted by molar-refractivity contribution is 7.14. The van der Waals surface area contributed by atoms with E-state index in [1.807, 2.05) is 60.8 Å². The van der Waals surface area contributed by atoms with Crippen LogP contribution < -0.4 is 10.6 Å². The van der Waals surface area contributed by atoms with Gasteiger partial charge in [0, 0.05) is 35.4 Å². The van der Waals surface area contributed by atoms with E-state index in [0.29, 0.717) is 23.0 Å². The number of para-hydroxylation sites is 1. The van der Waals surface area contributed by atoms with Gasteiger partial charge in [-0.1, -0.05) is 42.5 Å². The van der Waals surface area contributed by atoms with Crippen molar-refractivity contribution in [1.82, 2.24) is 10.3 Å². The fourth-order valence-corrected chi connectivity index (χ4v) is 3.95. The number of hydrogen-bond donors (Lipinski definition) is 2. The number of thiazole rings is 1. The average molecular weight is 420 g/mol. The van der Waals surface area contributed by atoms with Gasteiger partial charge in [-0.2, -0.15) is 0 Å². The van der Waals surface area contributed by atoms with Crippen LogP contribution in [0.4, 0.5) is 5.13 Å². The molecule has 0 radical (unpaired) electrons. The van der Waals surface area contributed by atoms with E-state index in [1.165, 1.54) is 18.3 Å². The fourth-order valence-electron chi connectivity index (χ4n) is 3.23. The minimum absolute atomic E-state index is 0.0264. The summed E-state index contributed by atoms with van der Waals surface area (Å²) < 4.78 is 5.72. The Morgan fingerprint density at radius 3 is 2.60 bits per heavy atom. The van der Waals surface area contributed by atoms with E-state index in [4.69, 9.17) is 4.42 Å². The Hall–Kier alpha value is -3.45. The summed E-state index contributed by atoms with van der Waals surface area (Å²) in [5, 5.41) is 8.98. The SMILES string of the molecule is CC(=O)NCCc1ccc(-c2csc(NC(=O)c3oc4ccccc4c3C)n2)cc1. The molecule has 0 aliphatic carbocycles. The Kier molecular flexibility index (Phi) is 5.63. The van der Waals surface area contributed by atoms with Crippen LogP contribution in [-0.2, 0) is 11.2 Å². The van der Waals surface area contributed by atoms with Gasteiger partial charge in [0.1, 0.15) is 5.58 Å². The van der Waals surface area contributed by atoms with Crippen molar-refractivity contribution in [2.75, 3.05) is 11.9 Å². The molecule has 4 aromatic rings. The number of rotatable bonds is 6. The minimum Gasteiger partial charge on any atom is -0.451 e. The number of aromatic nitrogens is 1. The molecule has 0 bridgehead atoms. The van der Waals surface area contributed by atoms with Crippen LogP contribution in [0.15, 0.2) is 58.3 Å². The number of amides is 2. The van der Waals surface area contributed by atoms with Crippen LogP contribution in [0, 0.1) is 6.92 Å². The van der Waals surface area contributed by atoms with E-state index in [9.17, 15) is 9.59 Å². The molecule has 0 atom stereocenters. The first kappa shape index (κ1) is 19.8. The van der Waals surface area contributed by atoms with Gasteiger partial charge in [0.15, 0.2) is 10.9 Å². The van der Waals surface area contributed by atoms with E-state index in [0.717, 1.165) is 34.2 Å². The Balaban J connectivity index is 1.44. The molecular formula is C23H21N3O3S. The number of furan rings is 1. The lowest BCUT2D eigenvalue weighted by Gasteiger charge is -2.04. The van der Waals surface area contributed by atoms with Crippen LogP contribution >= 0.6 is 11.3 Å². The van der Waals surface area contributed by atoms with Crippen molar-refractivity contribution in [3.63, 3.8) is 0 Å². The van der Waals surface area contributed by atoms with Gasteiger partial charge in [-0.05, 0) is 25.0 Å². The number of benzene rings is 2. The molecule has 4 rings (SSSR count). The van der Waals surface area contributed by atoms with Crippen LogP contribution in [-0.4, -0.2) is 23.3 Å². The monoisotopic (exact) mass is 419 g/mol. The van der Waals surface area contributed by atoms with E-state index in [-0.39, 0.29) is 11.8 Å². The van der Waals surface area contributed by atoms with Crippen LogP contribution in [0.5, 0.6) is 0 Å². The third kappa shape index (κ3) is 4.26. The highest BCUT2D eigenvalue weighted by Crippen LogP contribution is 2.28. The second kappa shape index (κ2) is 8.51. The van der Waals surface area contributed by atoms with Crippen molar-refractivity contribution in [1.29, 1.82) is 0 Å². The summed E-state index contributed by atoms with van der Waals surface area (Å²) in [5.41, 5.74) is 4.41. The summed E-state index contributed by atoms with van der Waals surface area (Å²) in [6.45, 7) is 4.00. The maximum Gasteiger partial charge on any atom is 0.293 e. The number of anilines is 1. The molecule has 2 heterocycles. The third-order valence-corrected chi connectivity index (χ3v) is 5.57. The molecule has 0 aliphatic heterocycles. The predicted octanol–water partition coefficient (Wildman–Crippen LogP) is 4.80. The molecule has 0 saturated carbocycles. The van der Waals surface area contributed by atoms with E-state index >= 15 is 0 Å². The van der Waals surface area contributed by atoms with Gasteiger partial charge in [-0.15, -0.1) is 11.3 Å². The zero-order chi connectivity index (χ0) is 21.1. The summed E-state index contributed by atoms with van der Waals surface area (Å²) in [4.78, 5) is 28.2. The summed E-state index contributed by atoms with van der Waals surface area (Å²) >= 11 is 1.37. The summed E-state index contributed by atoms with van der Waals surface area (Å²) in [6.07, 6.45) is 0.773. The molecule has 2 aromatic heterocycles. The smallest absolute Gasteiger partial charge is 0.293 e. The van der Waals surface area contributed by atoms with Crippen molar-refractivity contribution >= 4 is 39.3 Å². The van der Waals surface area contributed by atoms with Gasteiger partial charge in [-0.25, -0.2) is 4.98 Å². The number of carbonyl (C=O) groups excluding carboxylic acids is 2. The van der Waals surface area contributed by atoms with Crippen molar-refractivity contribution in [3.8, 4) is 11.3 Å². The molecule has 0 aliphatic rings. The van der Waals surface area contributed by atoms with Gasteiger partial charge in [0.05, 0.1) is 5.69 Å². The lowest BCUT2D eigenvalue weighted by Crippen LogP contribution is -2.22. The molecule has 7 heteroatoms. The molecule has 0 saturated heterocycles. The summed E-state index contributed by atoms with van der Waals surface area (Å²) in [5.74, 6) is -0.0316. The molecule has 2 N–H and O–H groups in total. The highest BCUT2D eigenvalue weighted by Gasteiger charge is 2.18. The topological polar surface area (TPSA) is 84.2 Å². The molecule has 2 amide bonds. The van der Waals surface area contributed by atoms with Crippen molar-refractivity contribution in [2.24, 2.45) is 0 Å². The lowest BCUT2D eigenvalue weighted by atomic mass is 10.1.